The minimum Gasteiger partial charge on any atom is -0.465 e. The highest BCUT2D eigenvalue weighted by Crippen LogP contribution is 2.15. The molecule has 0 atom stereocenters. The largest absolute Gasteiger partial charge is 0.465 e. The molecule has 0 unspecified atom stereocenters. The lowest BCUT2D eigenvalue weighted by Gasteiger charge is -2.06. The summed E-state index contributed by atoms with van der Waals surface area (Å²) in [6.45, 7) is 2.47. The Bertz CT molecular complexity index is 933. The van der Waals surface area contributed by atoms with Gasteiger partial charge in [0.25, 0.3) is 11.8 Å². The van der Waals surface area contributed by atoms with E-state index in [1.807, 2.05) is 19.1 Å². The van der Waals surface area contributed by atoms with Crippen molar-refractivity contribution >= 4 is 28.8 Å². The molecule has 0 saturated heterocycles. The van der Waals surface area contributed by atoms with E-state index in [0.717, 1.165) is 5.76 Å². The first-order chi connectivity index (χ1) is 13.0. The Kier molecular flexibility index (Phi) is 5.94. The molecular formula is C18H18N4O4S. The van der Waals surface area contributed by atoms with Crippen LogP contribution in [0.3, 0.4) is 0 Å². The molecule has 140 valence electrons. The van der Waals surface area contributed by atoms with Gasteiger partial charge >= 0.3 is 0 Å². The van der Waals surface area contributed by atoms with Crippen LogP contribution in [0.2, 0.25) is 0 Å². The number of anilines is 1. The maximum Gasteiger partial charge on any atom is 0.286 e. The zero-order chi connectivity index (χ0) is 19.2. The molecular weight excluding hydrogens is 368 g/mol. The number of amides is 2. The smallest absolute Gasteiger partial charge is 0.286 e. The molecule has 0 aliphatic carbocycles. The molecule has 1 aromatic carbocycles. The number of aryl methyl sites for hydroxylation is 1. The molecule has 0 radical (unpaired) electrons. The third-order valence-corrected chi connectivity index (χ3v) is 4.45. The van der Waals surface area contributed by atoms with Gasteiger partial charge in [-0.25, -0.2) is 0 Å². The first kappa shape index (κ1) is 18.7. The van der Waals surface area contributed by atoms with Crippen LogP contribution in [-0.2, 0) is 17.9 Å². The topological polar surface area (TPSA) is 106 Å². The summed E-state index contributed by atoms with van der Waals surface area (Å²) in [5.74, 6) is 0.897. The van der Waals surface area contributed by atoms with Crippen LogP contribution in [0.4, 0.5) is 5.69 Å². The summed E-state index contributed by atoms with van der Waals surface area (Å²) in [5.41, 5.74) is 1.04. The molecule has 9 heteroatoms. The van der Waals surface area contributed by atoms with Gasteiger partial charge in [-0.2, -0.15) is 0 Å². The van der Waals surface area contributed by atoms with Crippen LogP contribution in [-0.4, -0.2) is 29.1 Å². The Hall–Kier alpha value is -3.04. The van der Waals surface area contributed by atoms with Crippen LogP contribution in [0.5, 0.6) is 0 Å². The van der Waals surface area contributed by atoms with Gasteiger partial charge in [0, 0.05) is 18.4 Å². The maximum absolute atomic E-state index is 12.2. The molecule has 2 heterocycles. The van der Waals surface area contributed by atoms with E-state index in [9.17, 15) is 9.59 Å². The molecule has 2 aromatic heterocycles. The molecule has 2 amide bonds. The van der Waals surface area contributed by atoms with Gasteiger partial charge in [0.1, 0.15) is 16.5 Å². The van der Waals surface area contributed by atoms with Crippen molar-refractivity contribution in [1.29, 1.82) is 0 Å². The molecule has 2 N–H and O–H groups in total. The van der Waals surface area contributed by atoms with Crippen molar-refractivity contribution in [1.82, 2.24) is 15.5 Å². The predicted molar refractivity (Wildman–Crippen MR) is 99.6 cm³/mol. The molecule has 0 aliphatic heterocycles. The normalized spacial score (nSPS) is 10.6. The van der Waals surface area contributed by atoms with Gasteiger partial charge < -0.3 is 19.8 Å². The lowest BCUT2D eigenvalue weighted by atomic mass is 10.2. The quantitative estimate of drug-likeness (QED) is 0.647. The molecule has 0 saturated carbocycles. The van der Waals surface area contributed by atoms with E-state index in [0.29, 0.717) is 35.2 Å². The Balaban J connectivity index is 1.55. The number of carbonyl (C=O) groups is 2. The second-order valence-electron chi connectivity index (χ2n) is 5.66. The van der Waals surface area contributed by atoms with E-state index in [4.69, 9.17) is 9.15 Å². The molecule has 0 fully saturated rings. The molecule has 3 aromatic rings. The Labute approximate surface area is 159 Å². The van der Waals surface area contributed by atoms with Crippen LogP contribution in [0, 0.1) is 6.92 Å². The van der Waals surface area contributed by atoms with E-state index >= 15 is 0 Å². The van der Waals surface area contributed by atoms with E-state index in [-0.39, 0.29) is 16.8 Å². The van der Waals surface area contributed by atoms with Crippen molar-refractivity contribution in [3.05, 3.63) is 63.5 Å². The summed E-state index contributed by atoms with van der Waals surface area (Å²) in [4.78, 5) is 24.4. The summed E-state index contributed by atoms with van der Waals surface area (Å²) in [6.07, 6.45) is 0. The van der Waals surface area contributed by atoms with Gasteiger partial charge in [-0.3, -0.25) is 9.59 Å². The summed E-state index contributed by atoms with van der Waals surface area (Å²) >= 11 is 1.17. The molecule has 0 aliphatic rings. The summed E-state index contributed by atoms with van der Waals surface area (Å²) < 4.78 is 10.4. The highest BCUT2D eigenvalue weighted by Gasteiger charge is 2.13. The summed E-state index contributed by atoms with van der Waals surface area (Å²) in [7, 11) is 1.55. The van der Waals surface area contributed by atoms with Gasteiger partial charge in [0.2, 0.25) is 5.01 Å². The molecule has 27 heavy (non-hydrogen) atoms. The van der Waals surface area contributed by atoms with Crippen molar-refractivity contribution < 1.29 is 18.7 Å². The number of rotatable bonds is 7. The molecule has 0 bridgehead atoms. The second kappa shape index (κ2) is 8.56. The fourth-order valence-corrected chi connectivity index (χ4v) is 2.97. The van der Waals surface area contributed by atoms with Crippen molar-refractivity contribution in [2.75, 3.05) is 12.4 Å². The lowest BCUT2D eigenvalue weighted by molar-refractivity contribution is 0.0947. The van der Waals surface area contributed by atoms with E-state index in [1.54, 1.807) is 31.4 Å². The van der Waals surface area contributed by atoms with E-state index < -0.39 is 0 Å². The monoisotopic (exact) mass is 386 g/mol. The maximum atomic E-state index is 12.2. The fraction of sp³-hybridized carbons (Fsp3) is 0.222. The first-order valence-corrected chi connectivity index (χ1v) is 8.93. The van der Waals surface area contributed by atoms with Crippen LogP contribution in [0.1, 0.15) is 36.7 Å². The lowest BCUT2D eigenvalue weighted by Crippen LogP contribution is -2.22. The van der Waals surface area contributed by atoms with E-state index in [2.05, 4.69) is 20.8 Å². The number of nitrogens with one attached hydrogen (secondary N) is 2. The molecule has 0 spiro atoms. The third-order valence-electron chi connectivity index (χ3n) is 3.55. The van der Waals surface area contributed by atoms with Crippen molar-refractivity contribution in [2.24, 2.45) is 0 Å². The number of furan rings is 1. The third kappa shape index (κ3) is 4.99. The van der Waals surface area contributed by atoms with Crippen molar-refractivity contribution in [3.63, 3.8) is 0 Å². The van der Waals surface area contributed by atoms with Crippen molar-refractivity contribution in [3.8, 4) is 0 Å². The summed E-state index contributed by atoms with van der Waals surface area (Å²) in [5, 5.41) is 14.1. The SMILES string of the molecule is COCc1nnc(C(=O)Nc2ccc(C(=O)NCc3ccc(C)o3)cc2)s1. The Morgan fingerprint density at radius 2 is 1.89 bits per heavy atom. The Morgan fingerprint density at radius 1 is 1.11 bits per heavy atom. The number of ether oxygens (including phenoxy) is 1. The highest BCUT2D eigenvalue weighted by atomic mass is 32.1. The van der Waals surface area contributed by atoms with Crippen LogP contribution in [0.15, 0.2) is 40.8 Å². The second-order valence-corrected chi connectivity index (χ2v) is 6.72. The Morgan fingerprint density at radius 3 is 2.56 bits per heavy atom. The number of hydrogen-bond acceptors (Lipinski definition) is 7. The minimum absolute atomic E-state index is 0.227. The van der Waals surface area contributed by atoms with Gasteiger partial charge in [0.05, 0.1) is 13.2 Å². The number of nitrogens with zero attached hydrogens (tertiary/aromatic N) is 2. The predicted octanol–water partition coefficient (Wildman–Crippen LogP) is 2.77. The average Bonchev–Trinajstić information content (AvgIpc) is 3.30. The standard InChI is InChI=1S/C18H18N4O4S/c1-11-3-8-14(26-11)9-19-16(23)12-4-6-13(7-5-12)20-17(24)18-22-21-15(27-18)10-25-2/h3-8H,9-10H2,1-2H3,(H,19,23)(H,20,24). The van der Waals surface area contributed by atoms with Crippen LogP contribution >= 0.6 is 11.3 Å². The first-order valence-electron chi connectivity index (χ1n) is 8.11. The number of hydrogen-bond donors (Lipinski definition) is 2. The average molecular weight is 386 g/mol. The fourth-order valence-electron chi connectivity index (χ4n) is 2.27. The van der Waals surface area contributed by atoms with Crippen LogP contribution < -0.4 is 10.6 Å². The zero-order valence-electron chi connectivity index (χ0n) is 14.8. The summed E-state index contributed by atoms with van der Waals surface area (Å²) in [6, 6.07) is 10.2. The number of aromatic nitrogens is 2. The van der Waals surface area contributed by atoms with Crippen molar-refractivity contribution in [2.45, 2.75) is 20.1 Å². The molecule has 8 nitrogen and oxygen atoms in total. The zero-order valence-corrected chi connectivity index (χ0v) is 15.6. The van der Waals surface area contributed by atoms with Gasteiger partial charge in [-0.1, -0.05) is 11.3 Å². The molecule has 3 rings (SSSR count). The minimum atomic E-state index is -0.361. The van der Waals surface area contributed by atoms with E-state index in [1.165, 1.54) is 11.3 Å². The number of methoxy groups -OCH3 is 1. The number of carbonyl (C=O) groups excluding carboxylic acids is 2. The van der Waals surface area contributed by atoms with Gasteiger partial charge in [-0.05, 0) is 43.3 Å². The van der Waals surface area contributed by atoms with Crippen LogP contribution in [0.25, 0.3) is 0 Å². The van der Waals surface area contributed by atoms with Gasteiger partial charge in [0.15, 0.2) is 0 Å². The highest BCUT2D eigenvalue weighted by molar-refractivity contribution is 7.13. The van der Waals surface area contributed by atoms with Gasteiger partial charge in [-0.15, -0.1) is 10.2 Å². The number of benzene rings is 1.